The maximum Gasteiger partial charge on any atom is 0.321 e. The Hall–Kier alpha value is -2.12. The Morgan fingerprint density at radius 3 is 2.78 bits per heavy atom. The van der Waals surface area contributed by atoms with E-state index in [4.69, 9.17) is 4.52 Å². The van der Waals surface area contributed by atoms with Gasteiger partial charge in [-0.3, -0.25) is 0 Å². The minimum absolute atomic E-state index is 0. The largest absolute Gasteiger partial charge is 0.334 e. The van der Waals surface area contributed by atoms with E-state index >= 15 is 0 Å². The molecule has 0 bridgehead atoms. The lowest BCUT2D eigenvalue weighted by atomic mass is 10.2. The molecule has 0 spiro atoms. The van der Waals surface area contributed by atoms with Crippen molar-refractivity contribution in [2.45, 2.75) is 19.4 Å². The van der Waals surface area contributed by atoms with Gasteiger partial charge in [-0.2, -0.15) is 4.98 Å². The van der Waals surface area contributed by atoms with Gasteiger partial charge in [0.1, 0.15) is 0 Å². The van der Waals surface area contributed by atoms with Crippen LogP contribution in [0, 0.1) is 0 Å². The van der Waals surface area contributed by atoms with Crippen molar-refractivity contribution in [2.75, 3.05) is 26.5 Å². The molecule has 1 heterocycles. The Bertz CT molecular complexity index is 644. The molecule has 2 amide bonds. The van der Waals surface area contributed by atoms with Crippen LogP contribution in [0.2, 0.25) is 0 Å². The molecule has 0 aliphatic rings. The second-order valence-electron chi connectivity index (χ2n) is 5.31. The Morgan fingerprint density at radius 1 is 1.39 bits per heavy atom. The van der Waals surface area contributed by atoms with Gasteiger partial charge in [-0.25, -0.2) is 4.79 Å². The Balaban J connectivity index is 0.00000264. The topological polar surface area (TPSA) is 83.3 Å². The zero-order valence-electron chi connectivity index (χ0n) is 13.7. The summed E-state index contributed by atoms with van der Waals surface area (Å²) in [5.74, 6) is 1.10. The van der Waals surface area contributed by atoms with E-state index in [1.807, 2.05) is 32.2 Å². The average molecular weight is 340 g/mol. The monoisotopic (exact) mass is 339 g/mol. The van der Waals surface area contributed by atoms with E-state index in [1.165, 1.54) is 4.90 Å². The van der Waals surface area contributed by atoms with Crippen molar-refractivity contribution >= 4 is 24.1 Å². The average Bonchev–Trinajstić information content (AvgIpc) is 2.95. The molecule has 126 valence electrons. The van der Waals surface area contributed by atoms with Gasteiger partial charge >= 0.3 is 6.03 Å². The smallest absolute Gasteiger partial charge is 0.321 e. The summed E-state index contributed by atoms with van der Waals surface area (Å²) in [6.07, 6.45) is 0.692. The SMILES string of the molecule is CNC(C)Cc1noc(-c2cccc(NC(=O)N(C)C)c2)n1.Cl. The van der Waals surface area contributed by atoms with E-state index in [0.29, 0.717) is 23.8 Å². The number of anilines is 1. The molecule has 8 heteroatoms. The van der Waals surface area contributed by atoms with Crippen LogP contribution in [-0.2, 0) is 6.42 Å². The predicted molar refractivity (Wildman–Crippen MR) is 91.9 cm³/mol. The number of hydrogen-bond acceptors (Lipinski definition) is 5. The highest BCUT2D eigenvalue weighted by Crippen LogP contribution is 2.21. The number of halogens is 1. The number of hydrogen-bond donors (Lipinski definition) is 2. The molecule has 0 saturated heterocycles. The van der Waals surface area contributed by atoms with Gasteiger partial charge in [0, 0.05) is 37.8 Å². The molecular weight excluding hydrogens is 318 g/mol. The molecule has 0 aliphatic heterocycles. The number of nitrogens with zero attached hydrogens (tertiary/aromatic N) is 3. The Labute approximate surface area is 141 Å². The minimum atomic E-state index is -0.189. The fraction of sp³-hybridized carbons (Fsp3) is 0.400. The molecule has 7 nitrogen and oxygen atoms in total. The zero-order valence-corrected chi connectivity index (χ0v) is 14.5. The van der Waals surface area contributed by atoms with E-state index in [2.05, 4.69) is 20.8 Å². The van der Waals surface area contributed by atoms with Crippen molar-refractivity contribution in [1.29, 1.82) is 0 Å². The van der Waals surface area contributed by atoms with Crippen molar-refractivity contribution in [2.24, 2.45) is 0 Å². The van der Waals surface area contributed by atoms with Crippen LogP contribution in [-0.4, -0.2) is 48.3 Å². The van der Waals surface area contributed by atoms with Gasteiger partial charge in [0.15, 0.2) is 5.82 Å². The Kier molecular flexibility index (Phi) is 6.99. The maximum atomic E-state index is 11.7. The summed E-state index contributed by atoms with van der Waals surface area (Å²) in [5, 5.41) is 9.89. The zero-order chi connectivity index (χ0) is 16.1. The summed E-state index contributed by atoms with van der Waals surface area (Å²) in [7, 11) is 5.27. The molecule has 2 N–H and O–H groups in total. The van der Waals surface area contributed by atoms with Crippen LogP contribution in [0.15, 0.2) is 28.8 Å². The lowest BCUT2D eigenvalue weighted by molar-refractivity contribution is 0.230. The van der Waals surface area contributed by atoms with Gasteiger partial charge in [-0.15, -0.1) is 12.4 Å². The summed E-state index contributed by atoms with van der Waals surface area (Å²) < 4.78 is 5.29. The Morgan fingerprint density at radius 2 is 2.13 bits per heavy atom. The van der Waals surface area contributed by atoms with Gasteiger partial charge in [0.05, 0.1) is 0 Å². The highest BCUT2D eigenvalue weighted by Gasteiger charge is 2.12. The molecule has 23 heavy (non-hydrogen) atoms. The van der Waals surface area contributed by atoms with E-state index in [-0.39, 0.29) is 24.5 Å². The number of carbonyl (C=O) groups excluding carboxylic acids is 1. The van der Waals surface area contributed by atoms with Gasteiger partial charge in [-0.05, 0) is 32.2 Å². The summed E-state index contributed by atoms with van der Waals surface area (Å²) >= 11 is 0. The van der Waals surface area contributed by atoms with Crippen LogP contribution in [0.4, 0.5) is 10.5 Å². The van der Waals surface area contributed by atoms with Crippen LogP contribution in [0.3, 0.4) is 0 Å². The number of amides is 2. The third kappa shape index (κ3) is 5.22. The first kappa shape index (κ1) is 18.9. The third-order valence-electron chi connectivity index (χ3n) is 3.22. The van der Waals surface area contributed by atoms with Crippen LogP contribution in [0.5, 0.6) is 0 Å². The molecule has 0 aliphatic carbocycles. The molecular formula is C15H22ClN5O2. The fourth-order valence-electron chi connectivity index (χ4n) is 1.80. The first-order valence-electron chi connectivity index (χ1n) is 7.08. The molecule has 1 atom stereocenters. The summed E-state index contributed by atoms with van der Waals surface area (Å²) in [6.45, 7) is 2.05. The van der Waals surface area contributed by atoms with Crippen LogP contribution >= 0.6 is 12.4 Å². The van der Waals surface area contributed by atoms with E-state index in [1.54, 1.807) is 20.2 Å². The third-order valence-corrected chi connectivity index (χ3v) is 3.22. The van der Waals surface area contributed by atoms with Gasteiger partial charge < -0.3 is 20.1 Å². The van der Waals surface area contributed by atoms with E-state index < -0.39 is 0 Å². The molecule has 2 aromatic rings. The van der Waals surface area contributed by atoms with Crippen molar-refractivity contribution in [1.82, 2.24) is 20.4 Å². The lowest BCUT2D eigenvalue weighted by Crippen LogP contribution is -2.27. The van der Waals surface area contributed by atoms with Crippen LogP contribution in [0.1, 0.15) is 12.7 Å². The second kappa shape index (κ2) is 8.50. The summed E-state index contributed by atoms with van der Waals surface area (Å²) in [5.41, 5.74) is 1.45. The number of urea groups is 1. The number of benzene rings is 1. The maximum absolute atomic E-state index is 11.7. The quantitative estimate of drug-likeness (QED) is 0.874. The number of likely N-dealkylation sites (N-methyl/N-ethyl adjacent to an activating group) is 1. The molecule has 1 unspecified atom stereocenters. The highest BCUT2D eigenvalue weighted by atomic mass is 35.5. The molecule has 0 fully saturated rings. The van der Waals surface area contributed by atoms with Crippen molar-refractivity contribution < 1.29 is 9.32 Å². The summed E-state index contributed by atoms with van der Waals surface area (Å²) in [6, 6.07) is 7.40. The van der Waals surface area contributed by atoms with Gasteiger partial charge in [0.25, 0.3) is 5.89 Å². The van der Waals surface area contributed by atoms with Gasteiger partial charge in [-0.1, -0.05) is 11.2 Å². The molecule has 2 rings (SSSR count). The van der Waals surface area contributed by atoms with E-state index in [9.17, 15) is 4.79 Å². The molecule has 1 aromatic heterocycles. The van der Waals surface area contributed by atoms with Crippen molar-refractivity contribution in [3.63, 3.8) is 0 Å². The summed E-state index contributed by atoms with van der Waals surface area (Å²) in [4.78, 5) is 17.5. The molecule has 0 saturated carbocycles. The second-order valence-corrected chi connectivity index (χ2v) is 5.31. The number of rotatable bonds is 5. The standard InChI is InChI=1S/C15H21N5O2.ClH/c1-10(16-2)8-13-18-14(22-19-13)11-6-5-7-12(9-11)17-15(21)20(3)4;/h5-7,9-10,16H,8H2,1-4H3,(H,17,21);1H. The predicted octanol–water partition coefficient (Wildman–Crippen LogP) is 2.40. The van der Waals surface area contributed by atoms with Gasteiger partial charge in [0.2, 0.25) is 0 Å². The number of aromatic nitrogens is 2. The first-order valence-corrected chi connectivity index (χ1v) is 7.08. The van der Waals surface area contributed by atoms with Crippen molar-refractivity contribution in [3.8, 4) is 11.5 Å². The highest BCUT2D eigenvalue weighted by molar-refractivity contribution is 5.89. The molecule has 1 aromatic carbocycles. The van der Waals surface area contributed by atoms with Crippen molar-refractivity contribution in [3.05, 3.63) is 30.1 Å². The number of nitrogens with one attached hydrogen (secondary N) is 2. The minimum Gasteiger partial charge on any atom is -0.334 e. The van der Waals surface area contributed by atoms with Crippen LogP contribution < -0.4 is 10.6 Å². The van der Waals surface area contributed by atoms with Crippen LogP contribution in [0.25, 0.3) is 11.5 Å². The lowest BCUT2D eigenvalue weighted by Gasteiger charge is -2.12. The first-order chi connectivity index (χ1) is 10.5. The molecule has 0 radical (unpaired) electrons. The normalized spacial score (nSPS) is 11.5. The van der Waals surface area contributed by atoms with E-state index in [0.717, 1.165) is 5.56 Å². The fourth-order valence-corrected chi connectivity index (χ4v) is 1.80. The number of carbonyl (C=O) groups is 1.